The molecular weight excluding hydrogens is 330 g/mol. The van der Waals surface area contributed by atoms with Crippen molar-refractivity contribution >= 4 is 39.7 Å². The first-order chi connectivity index (χ1) is 9.21. The van der Waals surface area contributed by atoms with Crippen LogP contribution in [0.3, 0.4) is 0 Å². The molecule has 0 atom stereocenters. The molecule has 108 valence electrons. The number of hydrogen-bond acceptors (Lipinski definition) is 0. The van der Waals surface area contributed by atoms with Crippen molar-refractivity contribution in [3.8, 4) is 0 Å². The van der Waals surface area contributed by atoms with Crippen LogP contribution >= 0.6 is 27.5 Å². The fourth-order valence-electron chi connectivity index (χ4n) is 3.69. The molecule has 0 aromatic heterocycles. The first-order valence-electron chi connectivity index (χ1n) is 7.70. The van der Waals surface area contributed by atoms with Crippen molar-refractivity contribution in [1.29, 1.82) is 0 Å². The third-order valence-corrected chi connectivity index (χ3v) is 6.87. The van der Waals surface area contributed by atoms with Crippen LogP contribution in [-0.2, 0) is 0 Å². The Kier molecular flexibility index (Phi) is 3.58. The predicted molar refractivity (Wildman–Crippen MR) is 93.7 cm³/mol. The van der Waals surface area contributed by atoms with E-state index in [-0.39, 0.29) is 0 Å². The molecule has 2 fully saturated rings. The quantitative estimate of drug-likeness (QED) is 0.594. The van der Waals surface area contributed by atoms with Gasteiger partial charge in [-0.3, -0.25) is 0 Å². The van der Waals surface area contributed by atoms with E-state index in [1.54, 1.807) is 0 Å². The highest BCUT2D eigenvalue weighted by Gasteiger charge is 2.48. The van der Waals surface area contributed by atoms with Gasteiger partial charge >= 0.3 is 0 Å². The largest absolute Gasteiger partial charge is 0.177 e. The van der Waals surface area contributed by atoms with Crippen molar-refractivity contribution in [2.45, 2.75) is 59.1 Å². The summed E-state index contributed by atoms with van der Waals surface area (Å²) < 4.78 is 1.23. The molecule has 0 bridgehead atoms. The van der Waals surface area contributed by atoms with Crippen LogP contribution in [0.1, 0.15) is 52.0 Å². The van der Waals surface area contributed by atoms with Gasteiger partial charge in [-0.05, 0) is 41.2 Å². The van der Waals surface area contributed by atoms with Gasteiger partial charge in [-0.1, -0.05) is 79.4 Å². The van der Waals surface area contributed by atoms with E-state index in [2.05, 4.69) is 55.8 Å². The van der Waals surface area contributed by atoms with Gasteiger partial charge in [0.25, 0.3) is 0 Å². The van der Waals surface area contributed by atoms with E-state index in [4.69, 9.17) is 11.6 Å². The molecule has 0 N–H and O–H groups in total. The zero-order chi connectivity index (χ0) is 14.7. The normalized spacial score (nSPS) is 24.2. The maximum absolute atomic E-state index is 6.56. The molecule has 1 aliphatic carbocycles. The monoisotopic (exact) mass is 352 g/mol. The highest BCUT2D eigenvalue weighted by atomic mass is 79.9. The van der Waals surface area contributed by atoms with Gasteiger partial charge in [0.1, 0.15) is 0 Å². The van der Waals surface area contributed by atoms with Crippen molar-refractivity contribution in [2.75, 3.05) is 0 Å². The van der Waals surface area contributed by atoms with E-state index in [0.29, 0.717) is 23.5 Å². The van der Waals surface area contributed by atoms with Gasteiger partial charge < -0.3 is 0 Å². The summed E-state index contributed by atoms with van der Waals surface area (Å²) in [7, 11) is 0. The SMILES string of the molecule is CC1(C)CB(c2cc(Cl)c(C3CC3)c(Br)c2)CC1(C)C. The molecule has 1 saturated heterocycles. The summed E-state index contributed by atoms with van der Waals surface area (Å²) in [6, 6.07) is 4.57. The summed E-state index contributed by atoms with van der Waals surface area (Å²) in [5, 5.41) is 0.972. The number of rotatable bonds is 2. The van der Waals surface area contributed by atoms with Crippen molar-refractivity contribution in [1.82, 2.24) is 0 Å². The fourth-order valence-corrected chi connectivity index (χ4v) is 4.99. The highest BCUT2D eigenvalue weighted by Crippen LogP contribution is 2.53. The lowest BCUT2D eigenvalue weighted by atomic mass is 9.42. The minimum absolute atomic E-state index is 0.395. The smallest absolute Gasteiger partial charge is 0.0840 e. The summed E-state index contributed by atoms with van der Waals surface area (Å²) in [4.78, 5) is 0. The average molecular weight is 354 g/mol. The first-order valence-corrected chi connectivity index (χ1v) is 8.87. The van der Waals surface area contributed by atoms with Gasteiger partial charge in [-0.25, -0.2) is 0 Å². The van der Waals surface area contributed by atoms with Crippen LogP contribution in [0, 0.1) is 10.8 Å². The Labute approximate surface area is 136 Å². The summed E-state index contributed by atoms with van der Waals surface area (Å²) in [5.41, 5.74) is 3.55. The van der Waals surface area contributed by atoms with E-state index in [0.717, 1.165) is 5.02 Å². The molecule has 1 heterocycles. The topological polar surface area (TPSA) is 0 Å². The van der Waals surface area contributed by atoms with Crippen LogP contribution in [0.4, 0.5) is 0 Å². The van der Waals surface area contributed by atoms with Gasteiger partial charge in [0, 0.05) is 9.50 Å². The molecule has 20 heavy (non-hydrogen) atoms. The molecule has 1 aromatic rings. The molecule has 0 radical (unpaired) electrons. The summed E-state index contributed by atoms with van der Waals surface area (Å²) >= 11 is 10.3. The number of hydrogen-bond donors (Lipinski definition) is 0. The van der Waals surface area contributed by atoms with E-state index >= 15 is 0 Å². The molecule has 2 aliphatic rings. The zero-order valence-electron chi connectivity index (χ0n) is 12.9. The second-order valence-corrected chi connectivity index (χ2v) is 9.31. The third kappa shape index (κ3) is 2.48. The van der Waals surface area contributed by atoms with Crippen molar-refractivity contribution in [3.05, 3.63) is 27.2 Å². The Morgan fingerprint density at radius 3 is 2.10 bits per heavy atom. The molecule has 3 rings (SSSR count). The summed E-state index contributed by atoms with van der Waals surface area (Å²) in [6.45, 7) is 10.3. The maximum Gasteiger partial charge on any atom is 0.177 e. The minimum Gasteiger partial charge on any atom is -0.0840 e. The summed E-state index contributed by atoms with van der Waals surface area (Å²) in [5.74, 6) is 0.697. The lowest BCUT2D eigenvalue weighted by Crippen LogP contribution is -2.28. The van der Waals surface area contributed by atoms with Gasteiger partial charge in [-0.2, -0.15) is 0 Å². The minimum atomic E-state index is 0.395. The maximum atomic E-state index is 6.56. The van der Waals surface area contributed by atoms with Gasteiger partial charge in [0.15, 0.2) is 6.71 Å². The lowest BCUT2D eigenvalue weighted by molar-refractivity contribution is 0.177. The van der Waals surface area contributed by atoms with Crippen LogP contribution in [-0.4, -0.2) is 6.71 Å². The highest BCUT2D eigenvalue weighted by molar-refractivity contribution is 9.10. The molecule has 0 nitrogen and oxygen atoms in total. The second-order valence-electron chi connectivity index (χ2n) is 8.05. The zero-order valence-corrected chi connectivity index (χ0v) is 15.2. The van der Waals surface area contributed by atoms with E-state index < -0.39 is 0 Å². The van der Waals surface area contributed by atoms with Crippen molar-refractivity contribution in [3.63, 3.8) is 0 Å². The van der Waals surface area contributed by atoms with Crippen molar-refractivity contribution < 1.29 is 0 Å². The van der Waals surface area contributed by atoms with Crippen LogP contribution in [0.15, 0.2) is 16.6 Å². The van der Waals surface area contributed by atoms with Crippen LogP contribution in [0.5, 0.6) is 0 Å². The Morgan fingerprint density at radius 1 is 1.10 bits per heavy atom. The van der Waals surface area contributed by atoms with Gasteiger partial charge in [0.2, 0.25) is 0 Å². The van der Waals surface area contributed by atoms with Gasteiger partial charge in [-0.15, -0.1) is 0 Å². The Hall–Kier alpha value is 0.0549. The molecule has 1 saturated carbocycles. The molecule has 0 amide bonds. The molecule has 0 unspecified atom stereocenters. The average Bonchev–Trinajstić information content (AvgIpc) is 3.07. The molecule has 3 heteroatoms. The van der Waals surface area contributed by atoms with E-state index in [1.165, 1.54) is 41.0 Å². The van der Waals surface area contributed by atoms with Crippen LogP contribution in [0.25, 0.3) is 0 Å². The molecule has 0 spiro atoms. The number of halogens is 2. The molecule has 1 aliphatic heterocycles. The Balaban J connectivity index is 1.93. The van der Waals surface area contributed by atoms with Crippen LogP contribution < -0.4 is 5.46 Å². The number of benzene rings is 1. The molecule has 1 aromatic carbocycles. The first kappa shape index (κ1) is 15.0. The van der Waals surface area contributed by atoms with E-state index in [9.17, 15) is 0 Å². The standard InChI is InChI=1S/C17H23BBrCl/c1-16(2)9-18(10-17(16,3)4)12-7-13(19)15(11-5-6-11)14(20)8-12/h7-8,11H,5-6,9-10H2,1-4H3. The van der Waals surface area contributed by atoms with Gasteiger partial charge in [0.05, 0.1) is 0 Å². The summed E-state index contributed by atoms with van der Waals surface area (Å²) in [6.07, 6.45) is 5.10. The molecular formula is C17H23BBrCl. The van der Waals surface area contributed by atoms with Crippen molar-refractivity contribution in [2.24, 2.45) is 10.8 Å². The Bertz CT molecular complexity index is 507. The second kappa shape index (κ2) is 4.78. The van der Waals surface area contributed by atoms with E-state index in [1.807, 2.05) is 0 Å². The van der Waals surface area contributed by atoms with Crippen LogP contribution in [0.2, 0.25) is 17.7 Å². The fraction of sp³-hybridized carbons (Fsp3) is 0.647. The predicted octanol–water partition coefficient (Wildman–Crippen LogP) is 5.75. The third-order valence-electron chi connectivity index (χ3n) is 5.90. The lowest BCUT2D eigenvalue weighted by Gasteiger charge is -2.35. The Morgan fingerprint density at radius 2 is 1.65 bits per heavy atom.